The predicted octanol–water partition coefficient (Wildman–Crippen LogP) is 0.951. The van der Waals surface area contributed by atoms with Crippen LogP contribution in [0.3, 0.4) is 0 Å². The summed E-state index contributed by atoms with van der Waals surface area (Å²) in [5.74, 6) is 0.178. The fraction of sp³-hybridized carbons (Fsp3) is 0.600. The molecule has 116 valence electrons. The normalized spacial score (nSPS) is 16.8. The molecule has 0 saturated carbocycles. The SMILES string of the molecule is COCCN1CCC(CNc2ccncc2C(N)=O)CC1. The van der Waals surface area contributed by atoms with Crippen molar-refractivity contribution in [2.45, 2.75) is 12.8 Å². The molecule has 0 spiro atoms. The first kappa shape index (κ1) is 15.7. The summed E-state index contributed by atoms with van der Waals surface area (Å²) < 4.78 is 5.11. The van der Waals surface area contributed by atoms with Crippen molar-refractivity contribution in [2.24, 2.45) is 11.7 Å². The van der Waals surface area contributed by atoms with Crippen LogP contribution in [0, 0.1) is 5.92 Å². The number of aromatic nitrogens is 1. The number of piperidine rings is 1. The highest BCUT2D eigenvalue weighted by molar-refractivity contribution is 5.98. The second kappa shape index (κ2) is 7.95. The lowest BCUT2D eigenvalue weighted by Gasteiger charge is -2.32. The summed E-state index contributed by atoms with van der Waals surface area (Å²) in [6, 6.07) is 1.80. The van der Waals surface area contributed by atoms with Crippen molar-refractivity contribution in [3.8, 4) is 0 Å². The number of amides is 1. The zero-order valence-corrected chi connectivity index (χ0v) is 12.5. The molecule has 6 nitrogen and oxygen atoms in total. The zero-order valence-electron chi connectivity index (χ0n) is 12.5. The standard InChI is InChI=1S/C15H24N4O2/c1-21-9-8-19-6-3-12(4-7-19)10-18-14-2-5-17-11-13(14)15(16)20/h2,5,11-12H,3-4,6-10H2,1H3,(H2,16,20)(H,17,18). The summed E-state index contributed by atoms with van der Waals surface area (Å²) in [5, 5.41) is 3.34. The highest BCUT2D eigenvalue weighted by atomic mass is 16.5. The number of primary amides is 1. The Bertz CT molecular complexity index is 459. The lowest BCUT2D eigenvalue weighted by molar-refractivity contribution is 0.100. The summed E-state index contributed by atoms with van der Waals surface area (Å²) in [6.07, 6.45) is 5.50. The molecule has 1 aromatic heterocycles. The van der Waals surface area contributed by atoms with Gasteiger partial charge in [0.15, 0.2) is 0 Å². The average Bonchev–Trinajstić information content (AvgIpc) is 2.52. The van der Waals surface area contributed by atoms with Crippen molar-refractivity contribution >= 4 is 11.6 Å². The summed E-state index contributed by atoms with van der Waals surface area (Å²) in [5.41, 5.74) is 6.58. The van der Waals surface area contributed by atoms with E-state index in [9.17, 15) is 4.79 Å². The number of methoxy groups -OCH3 is 1. The Kier molecular flexibility index (Phi) is 5.95. The number of nitrogens with one attached hydrogen (secondary N) is 1. The Balaban J connectivity index is 1.79. The molecule has 3 N–H and O–H groups in total. The first-order chi connectivity index (χ1) is 10.2. The monoisotopic (exact) mass is 292 g/mol. The first-order valence-electron chi connectivity index (χ1n) is 7.39. The first-order valence-corrected chi connectivity index (χ1v) is 7.39. The van der Waals surface area contributed by atoms with Gasteiger partial charge in [-0.05, 0) is 37.9 Å². The average molecular weight is 292 g/mol. The molecular formula is C15H24N4O2. The fourth-order valence-electron chi connectivity index (χ4n) is 2.63. The minimum atomic E-state index is -0.444. The Morgan fingerprint density at radius 3 is 2.95 bits per heavy atom. The van der Waals surface area contributed by atoms with Gasteiger partial charge in [0.25, 0.3) is 5.91 Å². The molecule has 1 aliphatic heterocycles. The maximum atomic E-state index is 11.3. The minimum absolute atomic E-state index is 0.444. The van der Waals surface area contributed by atoms with Crippen molar-refractivity contribution < 1.29 is 9.53 Å². The Labute approximate surface area is 125 Å². The highest BCUT2D eigenvalue weighted by Gasteiger charge is 2.19. The van der Waals surface area contributed by atoms with Gasteiger partial charge in [-0.2, -0.15) is 0 Å². The van der Waals surface area contributed by atoms with Gasteiger partial charge in [-0.25, -0.2) is 0 Å². The van der Waals surface area contributed by atoms with Crippen LogP contribution in [0.25, 0.3) is 0 Å². The van der Waals surface area contributed by atoms with Crippen LogP contribution in [0.1, 0.15) is 23.2 Å². The molecule has 6 heteroatoms. The molecular weight excluding hydrogens is 268 g/mol. The minimum Gasteiger partial charge on any atom is -0.384 e. The molecule has 0 aliphatic carbocycles. The van der Waals surface area contributed by atoms with E-state index in [-0.39, 0.29) is 0 Å². The van der Waals surface area contributed by atoms with Gasteiger partial charge < -0.3 is 20.7 Å². The molecule has 21 heavy (non-hydrogen) atoms. The summed E-state index contributed by atoms with van der Waals surface area (Å²) in [6.45, 7) is 4.88. The largest absolute Gasteiger partial charge is 0.384 e. The molecule has 1 fully saturated rings. The topological polar surface area (TPSA) is 80.5 Å². The van der Waals surface area contributed by atoms with Crippen LogP contribution in [0.4, 0.5) is 5.69 Å². The molecule has 1 amide bonds. The predicted molar refractivity (Wildman–Crippen MR) is 82.3 cm³/mol. The number of likely N-dealkylation sites (tertiary alicyclic amines) is 1. The highest BCUT2D eigenvalue weighted by Crippen LogP contribution is 2.19. The van der Waals surface area contributed by atoms with E-state index in [1.807, 2.05) is 0 Å². The number of carbonyl (C=O) groups excluding carboxylic acids is 1. The van der Waals surface area contributed by atoms with E-state index in [0.717, 1.165) is 51.3 Å². The maximum Gasteiger partial charge on any atom is 0.252 e. The van der Waals surface area contributed by atoms with Crippen molar-refractivity contribution in [1.82, 2.24) is 9.88 Å². The van der Waals surface area contributed by atoms with Gasteiger partial charge >= 0.3 is 0 Å². The van der Waals surface area contributed by atoms with Crippen molar-refractivity contribution in [2.75, 3.05) is 45.2 Å². The van der Waals surface area contributed by atoms with Crippen molar-refractivity contribution in [1.29, 1.82) is 0 Å². The van der Waals surface area contributed by atoms with Crippen LogP contribution in [0.2, 0.25) is 0 Å². The van der Waals surface area contributed by atoms with Crippen LogP contribution in [-0.2, 0) is 4.74 Å². The van der Waals surface area contributed by atoms with E-state index in [1.165, 1.54) is 6.20 Å². The second-order valence-corrected chi connectivity index (χ2v) is 5.44. The number of nitrogens with two attached hydrogens (primary N) is 1. The molecule has 1 aromatic rings. The zero-order chi connectivity index (χ0) is 15.1. The van der Waals surface area contributed by atoms with E-state index in [1.54, 1.807) is 19.4 Å². The third-order valence-corrected chi connectivity index (χ3v) is 3.99. The molecule has 1 saturated heterocycles. The molecule has 2 rings (SSSR count). The fourth-order valence-corrected chi connectivity index (χ4v) is 2.63. The number of carbonyl (C=O) groups is 1. The van der Waals surface area contributed by atoms with E-state index in [2.05, 4.69) is 15.2 Å². The summed E-state index contributed by atoms with van der Waals surface area (Å²) in [7, 11) is 1.74. The van der Waals surface area contributed by atoms with Gasteiger partial charge in [0, 0.05) is 32.6 Å². The third-order valence-electron chi connectivity index (χ3n) is 3.99. The number of pyridine rings is 1. The molecule has 0 radical (unpaired) electrons. The van der Waals surface area contributed by atoms with Gasteiger partial charge in [-0.1, -0.05) is 0 Å². The number of nitrogens with zero attached hydrogens (tertiary/aromatic N) is 2. The van der Waals surface area contributed by atoms with Crippen molar-refractivity contribution in [3.05, 3.63) is 24.0 Å². The number of rotatable bonds is 7. The summed E-state index contributed by atoms with van der Waals surface area (Å²) >= 11 is 0. The molecule has 0 aromatic carbocycles. The van der Waals surface area contributed by atoms with E-state index >= 15 is 0 Å². The summed E-state index contributed by atoms with van der Waals surface area (Å²) in [4.78, 5) is 17.7. The van der Waals surface area contributed by atoms with Gasteiger partial charge in [-0.3, -0.25) is 9.78 Å². The second-order valence-electron chi connectivity index (χ2n) is 5.44. The van der Waals surface area contributed by atoms with Crippen LogP contribution in [0.5, 0.6) is 0 Å². The van der Waals surface area contributed by atoms with Gasteiger partial charge in [0.2, 0.25) is 0 Å². The maximum absolute atomic E-state index is 11.3. The molecule has 2 heterocycles. The number of anilines is 1. The quantitative estimate of drug-likeness (QED) is 0.782. The molecule has 0 bridgehead atoms. The lowest BCUT2D eigenvalue weighted by Crippen LogP contribution is -2.37. The van der Waals surface area contributed by atoms with Crippen LogP contribution in [0.15, 0.2) is 18.5 Å². The Morgan fingerprint density at radius 1 is 1.52 bits per heavy atom. The van der Waals surface area contributed by atoms with Gasteiger partial charge in [-0.15, -0.1) is 0 Å². The third kappa shape index (κ3) is 4.68. The lowest BCUT2D eigenvalue weighted by atomic mass is 9.96. The van der Waals surface area contributed by atoms with Crippen LogP contribution in [-0.4, -0.2) is 55.7 Å². The van der Waals surface area contributed by atoms with E-state index in [0.29, 0.717) is 11.5 Å². The Morgan fingerprint density at radius 2 is 2.29 bits per heavy atom. The molecule has 0 unspecified atom stereocenters. The van der Waals surface area contributed by atoms with Gasteiger partial charge in [0.1, 0.15) is 0 Å². The van der Waals surface area contributed by atoms with Crippen molar-refractivity contribution in [3.63, 3.8) is 0 Å². The van der Waals surface area contributed by atoms with Crippen LogP contribution < -0.4 is 11.1 Å². The van der Waals surface area contributed by atoms with Gasteiger partial charge in [0.05, 0.1) is 17.9 Å². The molecule has 0 atom stereocenters. The number of hydrogen-bond acceptors (Lipinski definition) is 5. The van der Waals surface area contributed by atoms with Crippen LogP contribution >= 0.6 is 0 Å². The number of ether oxygens (including phenoxy) is 1. The number of hydrogen-bond donors (Lipinski definition) is 2. The van der Waals surface area contributed by atoms with E-state index < -0.39 is 5.91 Å². The smallest absolute Gasteiger partial charge is 0.252 e. The Hall–Kier alpha value is -1.66. The van der Waals surface area contributed by atoms with E-state index in [4.69, 9.17) is 10.5 Å². The molecule has 1 aliphatic rings.